The Hall–Kier alpha value is -11.6. The number of nitrogens with zero attached hydrogens (tertiary/aromatic N) is 7. The third kappa shape index (κ3) is 47.5. The fourth-order valence-electron chi connectivity index (χ4n) is 15.2. The van der Waals surface area contributed by atoms with E-state index in [9.17, 15) is 81.8 Å². The summed E-state index contributed by atoms with van der Waals surface area (Å²) in [6.07, 6.45) is 9.01. The lowest BCUT2D eigenvalue weighted by Gasteiger charge is -2.41. The van der Waals surface area contributed by atoms with Crippen LogP contribution in [-0.4, -0.2) is 303 Å². The summed E-state index contributed by atoms with van der Waals surface area (Å²) >= 11 is 2.99. The molecule has 4 aromatic carbocycles. The Bertz CT molecular complexity index is 4970. The average molecular weight is 2140 g/mol. The second-order valence-corrected chi connectivity index (χ2v) is 44.2. The van der Waals surface area contributed by atoms with Gasteiger partial charge in [-0.1, -0.05) is 137 Å². The van der Waals surface area contributed by atoms with Gasteiger partial charge in [0.15, 0.2) is 0 Å². The van der Waals surface area contributed by atoms with E-state index in [-0.39, 0.29) is 235 Å². The van der Waals surface area contributed by atoms with Crippen LogP contribution in [0.4, 0.5) is 9.59 Å². The predicted octanol–water partition coefficient (Wildman–Crippen LogP) is 13.8. The monoisotopic (exact) mass is 2140 g/mol. The van der Waals surface area contributed by atoms with Crippen molar-refractivity contribution in [2.45, 2.75) is 312 Å². The van der Waals surface area contributed by atoms with E-state index in [1.807, 2.05) is 189 Å². The molecule has 12 rings (SSSR count). The van der Waals surface area contributed by atoms with Crippen molar-refractivity contribution in [1.82, 2.24) is 39.6 Å². The Balaban J connectivity index is 0.000000254. The minimum absolute atomic E-state index is 0.00323. The second kappa shape index (κ2) is 59.1. The number of amides is 6. The van der Waals surface area contributed by atoms with Gasteiger partial charge >= 0.3 is 71.9 Å². The summed E-state index contributed by atoms with van der Waals surface area (Å²) < 4.78 is 58.8. The van der Waals surface area contributed by atoms with Crippen LogP contribution in [0.25, 0.3) is 0 Å². The van der Waals surface area contributed by atoms with E-state index in [0.29, 0.717) is 91.0 Å². The van der Waals surface area contributed by atoms with Gasteiger partial charge in [0.2, 0.25) is 23.6 Å². The number of nitrogens with one attached hydrogen (secondary N) is 1. The molecule has 6 amide bonds. The molecule has 3 N–H and O–H groups in total. The first-order valence-electron chi connectivity index (χ1n) is 51.4. The summed E-state index contributed by atoms with van der Waals surface area (Å²) in [6.45, 7) is 35.0. The minimum Gasteiger partial charge on any atom is -0.481 e. The number of piperazine rings is 4. The molecule has 820 valence electrons. The van der Waals surface area contributed by atoms with Crippen molar-refractivity contribution in [3.63, 3.8) is 0 Å². The molecule has 37 nitrogen and oxygen atoms in total. The number of rotatable bonds is 38. The number of carboxylic acids is 1. The average Bonchev–Trinajstić information content (AvgIpc) is 1.65. The number of carbonyl (C=O) groups is 16. The Morgan fingerprint density at radius 1 is 0.338 bits per heavy atom. The zero-order valence-electron chi connectivity index (χ0n) is 89.5. The summed E-state index contributed by atoms with van der Waals surface area (Å²) in [6, 6.07) is 36.4. The number of aliphatic hydroxyl groups is 1. The summed E-state index contributed by atoms with van der Waals surface area (Å²) in [5.74, 6) is -3.45. The standard InChI is InChI=1S/C28H40N2O7.C27H38N2O7.C22H32N2O6.C22H30N2O5.C6H11BrO2.C5H8O2/c1-27(2,3)37-25(33)18-29-15-16-30(17-22(29)20-36-26(34)28(4)13-14-28)23(31)11-8-12-24(32)35-19-21-9-6-5-7-10-21;1-26(2,3)36-25(33)29-16-15-28(17-21(29)19-35-24(32)27(4)13-14-27)22(30)11-8-12-23(31)34-18-20-9-6-5-7-10-20;1-22(2,3)30-21(28)24-13-12-23(14-18(24)15-25)19(26)10-7-11-20(27)29-16-17-8-5-4-6-9-17;1-22(10-11-22)21(27)29-16-18-14-24(13-12-23-18)19(25)8-5-9-20(26)28-15-17-6-3-2-4-7-17;1-6(2,3)9-5(8)4-7;1-5(2-3-5)4(6)7/h5-7,9-10,22H,8,11-20H2,1-4H3;5-7,9-10,21H,8,11-19H2,1-4H3;4-6,8-9,18,25H,7,10-16H2,1-3H3;2-4,6-7,18,23H,5,8-16H2,1H3;4H2,1-3H3;2-3H2,1H3,(H,6,7). The molecule has 4 unspecified atom stereocenters. The maximum Gasteiger partial charge on any atom is 0.410 e. The third-order valence-corrected chi connectivity index (χ3v) is 25.7. The van der Waals surface area contributed by atoms with Gasteiger partial charge in [-0.25, -0.2) is 9.59 Å². The quantitative estimate of drug-likeness (QED) is 0.0213. The first kappa shape index (κ1) is 123. The number of benzene rings is 4. The van der Waals surface area contributed by atoms with Crippen molar-refractivity contribution in [1.29, 1.82) is 0 Å². The highest BCUT2D eigenvalue weighted by molar-refractivity contribution is 9.09. The molecule has 0 aromatic heterocycles. The number of ether oxygens (including phenoxy) is 11. The Labute approximate surface area is 879 Å². The van der Waals surface area contributed by atoms with Crippen molar-refractivity contribution >= 4 is 111 Å². The van der Waals surface area contributed by atoms with Crippen molar-refractivity contribution < 1.29 is 139 Å². The molecule has 0 spiro atoms. The van der Waals surface area contributed by atoms with E-state index in [0.717, 1.165) is 73.6 Å². The predicted molar refractivity (Wildman–Crippen MR) is 550 cm³/mol. The number of hydrogen-bond donors (Lipinski definition) is 3. The van der Waals surface area contributed by atoms with E-state index in [2.05, 4.69) is 21.2 Å². The molecule has 148 heavy (non-hydrogen) atoms. The molecule has 4 aliphatic carbocycles. The summed E-state index contributed by atoms with van der Waals surface area (Å²) in [7, 11) is 0. The minimum atomic E-state index is -0.665. The number of esters is 9. The fourth-order valence-corrected chi connectivity index (χ4v) is 15.3. The van der Waals surface area contributed by atoms with E-state index >= 15 is 0 Å². The number of halogens is 1. The van der Waals surface area contributed by atoms with Crippen LogP contribution in [0.3, 0.4) is 0 Å². The van der Waals surface area contributed by atoms with Crippen LogP contribution in [-0.2, 0) is 146 Å². The first-order valence-corrected chi connectivity index (χ1v) is 52.5. The Kier molecular flexibility index (Phi) is 49.2. The highest BCUT2D eigenvalue weighted by Gasteiger charge is 2.50. The fraction of sp³-hybridized carbons (Fsp3) is 0.636. The highest BCUT2D eigenvalue weighted by atomic mass is 79.9. The second-order valence-electron chi connectivity index (χ2n) is 43.6. The van der Waals surface area contributed by atoms with E-state index in [1.54, 1.807) is 73.0 Å². The number of aliphatic carboxylic acids is 1. The summed E-state index contributed by atoms with van der Waals surface area (Å²) in [4.78, 5) is 205. The summed E-state index contributed by atoms with van der Waals surface area (Å²) in [5, 5.41) is 21.5. The normalized spacial score (nSPS) is 18.5. The van der Waals surface area contributed by atoms with E-state index in [1.165, 1.54) is 4.90 Å². The molecule has 4 atom stereocenters. The molecular weight excluding hydrogens is 1980 g/mol. The molecule has 0 radical (unpaired) electrons. The molecule has 0 bridgehead atoms. The smallest absolute Gasteiger partial charge is 0.410 e. The molecule has 8 aliphatic rings. The van der Waals surface area contributed by atoms with Gasteiger partial charge < -0.3 is 87.2 Å². The van der Waals surface area contributed by atoms with Gasteiger partial charge in [-0.15, -0.1) is 0 Å². The van der Waals surface area contributed by atoms with Crippen LogP contribution in [0, 0.1) is 21.7 Å². The third-order valence-electron chi connectivity index (χ3n) is 25.3. The zero-order chi connectivity index (χ0) is 109. The lowest BCUT2D eigenvalue weighted by Crippen LogP contribution is -2.59. The van der Waals surface area contributed by atoms with Gasteiger partial charge in [-0.3, -0.25) is 81.8 Å². The van der Waals surface area contributed by atoms with Crippen LogP contribution in [0.1, 0.15) is 261 Å². The number of carbonyl (C=O) groups excluding carboxylic acids is 15. The van der Waals surface area contributed by atoms with Gasteiger partial charge in [0.1, 0.15) is 74.0 Å². The Morgan fingerprint density at radius 3 is 0.926 bits per heavy atom. The van der Waals surface area contributed by atoms with Crippen LogP contribution < -0.4 is 5.32 Å². The van der Waals surface area contributed by atoms with Crippen LogP contribution in [0.2, 0.25) is 0 Å². The lowest BCUT2D eigenvalue weighted by atomic mass is 10.1. The number of aliphatic hydroxyl groups excluding tert-OH is 1. The van der Waals surface area contributed by atoms with Gasteiger partial charge in [0.05, 0.1) is 59.0 Å². The number of hydrogen-bond acceptors (Lipinski definition) is 30. The van der Waals surface area contributed by atoms with Gasteiger partial charge in [0.25, 0.3) is 0 Å². The van der Waals surface area contributed by atoms with Gasteiger partial charge in [-0.05, 0) is 210 Å². The van der Waals surface area contributed by atoms with Crippen LogP contribution in [0.5, 0.6) is 0 Å². The number of carboxylic acid groups (broad SMARTS) is 1. The summed E-state index contributed by atoms with van der Waals surface area (Å²) in [5.41, 5.74) is -0.0262. The van der Waals surface area contributed by atoms with Crippen LogP contribution >= 0.6 is 15.9 Å². The van der Waals surface area contributed by atoms with Crippen molar-refractivity contribution in [3.05, 3.63) is 144 Å². The van der Waals surface area contributed by atoms with Crippen molar-refractivity contribution in [2.24, 2.45) is 21.7 Å². The zero-order valence-corrected chi connectivity index (χ0v) is 91.1. The SMILES string of the molecule is CC(C)(C)OC(=O)CBr.CC(C)(C)OC(=O)CN1CCN(C(=O)CCCC(=O)OCc2ccccc2)CC1COC(=O)C1(C)CC1.CC(C)(C)OC(=O)N1CCN(C(=O)CCCC(=O)OCc2ccccc2)CC1CO.CC(C)(C)OC(=O)N1CCN(C(=O)CCCC(=O)OCc2ccccc2)CC1COC(=O)C1(C)CC1.CC1(C(=O)O)CC1.CC1(C(=O)OCC2CN(C(=O)CCCC(=O)OCc3ccccc3)CCN2)CC1. The van der Waals surface area contributed by atoms with E-state index < -0.39 is 57.9 Å². The maximum absolute atomic E-state index is 12.9. The highest BCUT2D eigenvalue weighted by Crippen LogP contribution is 2.48. The van der Waals surface area contributed by atoms with Gasteiger partial charge in [-0.2, -0.15) is 0 Å². The number of alkyl halides is 1. The van der Waals surface area contributed by atoms with Crippen LogP contribution in [0.15, 0.2) is 121 Å². The Morgan fingerprint density at radius 2 is 0.628 bits per heavy atom. The first-order chi connectivity index (χ1) is 69.7. The molecule has 38 heteroatoms. The molecule has 8 fully saturated rings. The largest absolute Gasteiger partial charge is 0.481 e. The molecule has 4 aliphatic heterocycles. The van der Waals surface area contributed by atoms with E-state index in [4.69, 9.17) is 57.2 Å². The molecule has 4 saturated carbocycles. The lowest BCUT2D eigenvalue weighted by molar-refractivity contribution is -0.160. The molecule has 4 saturated heterocycles. The van der Waals surface area contributed by atoms with Gasteiger partial charge in [0, 0.05) is 130 Å². The van der Waals surface area contributed by atoms with Crippen molar-refractivity contribution in [3.8, 4) is 0 Å². The van der Waals surface area contributed by atoms with Crippen molar-refractivity contribution in [2.75, 3.05) is 117 Å². The maximum atomic E-state index is 12.9. The topological polar surface area (TPSA) is 450 Å². The molecule has 4 heterocycles. The molecular formula is C110H159BrN8O29. The molecule has 4 aromatic rings.